The number of rotatable bonds is 2. The maximum atomic E-state index is 11.4. The predicted molar refractivity (Wildman–Crippen MR) is 88.4 cm³/mol. The van der Waals surface area contributed by atoms with E-state index in [0.29, 0.717) is 17.2 Å². The molecule has 1 aliphatic rings. The zero-order chi connectivity index (χ0) is 15.3. The first-order valence-corrected chi connectivity index (χ1v) is 7.70. The van der Waals surface area contributed by atoms with Crippen molar-refractivity contribution in [3.8, 4) is 0 Å². The zero-order valence-electron chi connectivity index (χ0n) is 11.8. The highest BCUT2D eigenvalue weighted by Gasteiger charge is 2.27. The van der Waals surface area contributed by atoms with Gasteiger partial charge in [0, 0.05) is 11.9 Å². The molecule has 1 aromatic carbocycles. The van der Waals surface area contributed by atoms with Crippen LogP contribution < -0.4 is 10.2 Å². The number of aromatic carboxylic acids is 1. The number of benzene rings is 1. The van der Waals surface area contributed by atoms with E-state index in [1.54, 1.807) is 6.20 Å². The highest BCUT2D eigenvalue weighted by molar-refractivity contribution is 7.21. The molecule has 0 saturated heterocycles. The van der Waals surface area contributed by atoms with Gasteiger partial charge in [-0.3, -0.25) is 0 Å². The Labute approximate surface area is 130 Å². The summed E-state index contributed by atoms with van der Waals surface area (Å²) in [4.78, 5) is 19.0. The summed E-state index contributed by atoms with van der Waals surface area (Å²) >= 11 is 1.21. The molecule has 0 atom stereocenters. The number of carboxylic acids is 1. The number of nitrogens with one attached hydrogen (secondary N) is 1. The van der Waals surface area contributed by atoms with Crippen molar-refractivity contribution in [1.29, 1.82) is 0 Å². The molecule has 3 heterocycles. The number of hydrogen-bond acceptors (Lipinski definition) is 5. The summed E-state index contributed by atoms with van der Waals surface area (Å²) in [7, 11) is 0. The number of carboxylic acid groups (broad SMARTS) is 1. The summed E-state index contributed by atoms with van der Waals surface area (Å²) in [5.41, 5.74) is 3.96. The maximum absolute atomic E-state index is 11.4. The molecule has 0 spiro atoms. The smallest absolute Gasteiger partial charge is 0.348 e. The van der Waals surface area contributed by atoms with E-state index in [1.165, 1.54) is 16.9 Å². The fraction of sp³-hybridized carbons (Fsp3) is 0.125. The van der Waals surface area contributed by atoms with Crippen LogP contribution in [0.1, 0.15) is 15.2 Å². The summed E-state index contributed by atoms with van der Waals surface area (Å²) in [6, 6.07) is 10.1. The number of pyridine rings is 1. The van der Waals surface area contributed by atoms with Crippen LogP contribution in [-0.4, -0.2) is 22.7 Å². The standard InChI is InChI=1S/C16H13N3O2S/c1-9-4-2-3-5-10(9)19-8-18-13-12-11(19)6-7-17-15(12)22-14(13)16(20)21/h2-7,18H,8H2,1H3,(H,20,21). The van der Waals surface area contributed by atoms with Crippen molar-refractivity contribution >= 4 is 44.6 Å². The maximum Gasteiger partial charge on any atom is 0.348 e. The van der Waals surface area contributed by atoms with Crippen LogP contribution in [0.4, 0.5) is 17.1 Å². The van der Waals surface area contributed by atoms with Crippen LogP contribution in [0.25, 0.3) is 10.2 Å². The molecule has 4 rings (SSSR count). The van der Waals surface area contributed by atoms with E-state index >= 15 is 0 Å². The van der Waals surface area contributed by atoms with Crippen LogP contribution >= 0.6 is 11.3 Å². The number of anilines is 3. The van der Waals surface area contributed by atoms with Gasteiger partial charge in [-0.25, -0.2) is 9.78 Å². The first-order chi connectivity index (χ1) is 10.7. The van der Waals surface area contributed by atoms with Crippen molar-refractivity contribution in [2.24, 2.45) is 0 Å². The van der Waals surface area contributed by atoms with Gasteiger partial charge in [0.15, 0.2) is 0 Å². The molecule has 6 heteroatoms. The molecule has 5 nitrogen and oxygen atoms in total. The lowest BCUT2D eigenvalue weighted by Crippen LogP contribution is -2.28. The highest BCUT2D eigenvalue weighted by atomic mass is 32.1. The van der Waals surface area contributed by atoms with Crippen LogP contribution in [0.5, 0.6) is 0 Å². The molecular weight excluding hydrogens is 298 g/mol. The molecule has 0 aliphatic carbocycles. The van der Waals surface area contributed by atoms with Gasteiger partial charge in [-0.15, -0.1) is 11.3 Å². The lowest BCUT2D eigenvalue weighted by atomic mass is 10.1. The first-order valence-electron chi connectivity index (χ1n) is 6.88. The van der Waals surface area contributed by atoms with Crippen molar-refractivity contribution in [1.82, 2.24) is 4.98 Å². The minimum atomic E-state index is -0.916. The first kappa shape index (κ1) is 13.1. The fourth-order valence-electron chi connectivity index (χ4n) is 2.88. The van der Waals surface area contributed by atoms with Crippen LogP contribution in [0.3, 0.4) is 0 Å². The van der Waals surface area contributed by atoms with Crippen molar-refractivity contribution in [3.05, 3.63) is 47.0 Å². The Morgan fingerprint density at radius 3 is 2.91 bits per heavy atom. The number of aryl methyl sites for hydroxylation is 1. The third-order valence-corrected chi connectivity index (χ3v) is 4.96. The van der Waals surface area contributed by atoms with Crippen molar-refractivity contribution < 1.29 is 9.90 Å². The minimum absolute atomic E-state index is 0.319. The Kier molecular flexibility index (Phi) is 2.80. The topological polar surface area (TPSA) is 65.5 Å². The van der Waals surface area contributed by atoms with E-state index < -0.39 is 5.97 Å². The van der Waals surface area contributed by atoms with Crippen LogP contribution in [-0.2, 0) is 0 Å². The summed E-state index contributed by atoms with van der Waals surface area (Å²) in [5.74, 6) is -0.916. The normalized spacial score (nSPS) is 13.2. The third kappa shape index (κ3) is 1.77. The highest BCUT2D eigenvalue weighted by Crippen LogP contribution is 2.45. The van der Waals surface area contributed by atoms with Gasteiger partial charge in [0.1, 0.15) is 9.71 Å². The Balaban J connectivity index is 1.98. The average Bonchev–Trinajstić information content (AvgIpc) is 2.90. The molecule has 0 bridgehead atoms. The second-order valence-electron chi connectivity index (χ2n) is 5.17. The van der Waals surface area contributed by atoms with Gasteiger partial charge in [-0.2, -0.15) is 0 Å². The number of nitrogens with zero attached hydrogens (tertiary/aromatic N) is 2. The minimum Gasteiger partial charge on any atom is -0.477 e. The summed E-state index contributed by atoms with van der Waals surface area (Å²) in [5, 5.41) is 13.5. The lowest BCUT2D eigenvalue weighted by Gasteiger charge is -2.31. The monoisotopic (exact) mass is 311 g/mol. The number of para-hydroxylation sites is 1. The largest absolute Gasteiger partial charge is 0.477 e. The van der Waals surface area contributed by atoms with Crippen molar-refractivity contribution in [3.63, 3.8) is 0 Å². The lowest BCUT2D eigenvalue weighted by molar-refractivity contribution is 0.0703. The second-order valence-corrected chi connectivity index (χ2v) is 6.17. The van der Waals surface area contributed by atoms with E-state index in [0.717, 1.165) is 21.6 Å². The molecule has 2 aromatic heterocycles. The molecule has 1 aliphatic heterocycles. The quantitative estimate of drug-likeness (QED) is 0.753. The molecule has 110 valence electrons. The van der Waals surface area contributed by atoms with Crippen LogP contribution in [0.2, 0.25) is 0 Å². The zero-order valence-corrected chi connectivity index (χ0v) is 12.6. The Morgan fingerprint density at radius 1 is 1.32 bits per heavy atom. The van der Waals surface area contributed by atoms with Gasteiger partial charge < -0.3 is 15.3 Å². The van der Waals surface area contributed by atoms with Gasteiger partial charge in [0.25, 0.3) is 0 Å². The molecule has 3 aromatic rings. The van der Waals surface area contributed by atoms with Crippen LogP contribution in [0, 0.1) is 6.92 Å². The van der Waals surface area contributed by atoms with E-state index in [9.17, 15) is 9.90 Å². The van der Waals surface area contributed by atoms with Crippen molar-refractivity contribution in [2.75, 3.05) is 16.9 Å². The van der Waals surface area contributed by atoms with Gasteiger partial charge in [-0.05, 0) is 24.6 Å². The number of thiophene rings is 1. The molecular formula is C16H13N3O2S. The predicted octanol–water partition coefficient (Wildman–Crippen LogP) is 3.82. The summed E-state index contributed by atoms with van der Waals surface area (Å²) < 4.78 is 0. The van der Waals surface area contributed by atoms with Gasteiger partial charge in [-0.1, -0.05) is 18.2 Å². The Morgan fingerprint density at radius 2 is 2.14 bits per heavy atom. The molecule has 0 amide bonds. The van der Waals surface area contributed by atoms with Crippen LogP contribution in [0.15, 0.2) is 36.5 Å². The SMILES string of the molecule is Cc1ccccc1N1CNc2c(C(=O)O)sc3nccc1c23. The summed E-state index contributed by atoms with van der Waals surface area (Å²) in [6.45, 7) is 2.60. The molecule has 0 fully saturated rings. The second kappa shape index (κ2) is 4.71. The van der Waals surface area contributed by atoms with E-state index in [1.807, 2.05) is 18.2 Å². The average molecular weight is 311 g/mol. The van der Waals surface area contributed by atoms with Crippen molar-refractivity contribution in [2.45, 2.75) is 6.92 Å². The molecule has 0 radical (unpaired) electrons. The number of aromatic nitrogens is 1. The summed E-state index contributed by atoms with van der Waals surface area (Å²) in [6.07, 6.45) is 1.74. The van der Waals surface area contributed by atoms with Gasteiger partial charge in [0.2, 0.25) is 0 Å². The van der Waals surface area contributed by atoms with Gasteiger partial charge >= 0.3 is 5.97 Å². The third-order valence-electron chi connectivity index (χ3n) is 3.88. The van der Waals surface area contributed by atoms with E-state index in [4.69, 9.17) is 0 Å². The molecule has 0 saturated carbocycles. The molecule has 0 unspecified atom stereocenters. The number of hydrogen-bond donors (Lipinski definition) is 2. The fourth-order valence-corrected chi connectivity index (χ4v) is 3.85. The van der Waals surface area contributed by atoms with E-state index in [-0.39, 0.29) is 0 Å². The number of carbonyl (C=O) groups is 1. The van der Waals surface area contributed by atoms with Gasteiger partial charge in [0.05, 0.1) is 23.4 Å². The van der Waals surface area contributed by atoms with E-state index in [2.05, 4.69) is 34.3 Å². The Bertz CT molecular complexity index is 904. The Hall–Kier alpha value is -2.60. The molecule has 22 heavy (non-hydrogen) atoms. The molecule has 2 N–H and O–H groups in total.